The fraction of sp³-hybridized carbons (Fsp3) is 0.588. The van der Waals surface area contributed by atoms with Gasteiger partial charge in [-0.25, -0.2) is 0 Å². The van der Waals surface area contributed by atoms with Crippen LogP contribution < -0.4 is 10.6 Å². The first-order valence-electron chi connectivity index (χ1n) is 14.2. The molecule has 212 valence electrons. The Balaban J connectivity index is 0.000000380. The van der Waals surface area contributed by atoms with Crippen molar-refractivity contribution < 1.29 is 9.59 Å². The summed E-state index contributed by atoms with van der Waals surface area (Å²) in [7, 11) is 0. The molecule has 0 saturated carbocycles. The van der Waals surface area contributed by atoms with Gasteiger partial charge in [0.25, 0.3) is 0 Å². The number of anilines is 2. The molecule has 0 aliphatic rings. The van der Waals surface area contributed by atoms with Crippen molar-refractivity contribution in [3.05, 3.63) is 58.7 Å². The average Bonchev–Trinajstić information content (AvgIpc) is 2.78. The van der Waals surface area contributed by atoms with E-state index in [-0.39, 0.29) is 11.6 Å². The second kappa shape index (κ2) is 13.4. The zero-order chi connectivity index (χ0) is 29.6. The molecule has 4 heteroatoms. The van der Waals surface area contributed by atoms with Crippen LogP contribution in [0.4, 0.5) is 11.4 Å². The molecular formula is C34H54N2O2. The summed E-state index contributed by atoms with van der Waals surface area (Å²) in [4.78, 5) is 23.5. The minimum absolute atomic E-state index is 0.153. The van der Waals surface area contributed by atoms with Crippen LogP contribution in [0, 0.1) is 0 Å². The van der Waals surface area contributed by atoms with Crippen LogP contribution in [-0.2, 0) is 9.59 Å². The van der Waals surface area contributed by atoms with Crippen molar-refractivity contribution in [1.29, 1.82) is 0 Å². The van der Waals surface area contributed by atoms with Crippen LogP contribution in [0.25, 0.3) is 0 Å². The first-order chi connectivity index (χ1) is 17.3. The van der Waals surface area contributed by atoms with Gasteiger partial charge < -0.3 is 10.6 Å². The Kier molecular flexibility index (Phi) is 11.8. The standard InChI is InChI=1S/2C17H27NO/c2*1-11(2)14-9-8-10-15(12(3)4)16(14)18-17(6,7)13(5)19/h2*8-12,18H,1-7H3. The number of nitrogens with one attached hydrogen (secondary N) is 2. The van der Waals surface area contributed by atoms with Gasteiger partial charge in [0.05, 0.1) is 11.1 Å². The summed E-state index contributed by atoms with van der Waals surface area (Å²) in [6, 6.07) is 12.8. The first kappa shape index (κ1) is 33.4. The second-order valence-electron chi connectivity index (χ2n) is 12.9. The number of hydrogen-bond donors (Lipinski definition) is 2. The molecule has 0 amide bonds. The van der Waals surface area contributed by atoms with Crippen LogP contribution in [0.3, 0.4) is 0 Å². The highest BCUT2D eigenvalue weighted by atomic mass is 16.1. The summed E-state index contributed by atoms with van der Waals surface area (Å²) < 4.78 is 0. The maximum absolute atomic E-state index is 11.8. The molecule has 38 heavy (non-hydrogen) atoms. The van der Waals surface area contributed by atoms with Crippen molar-refractivity contribution in [2.75, 3.05) is 10.6 Å². The van der Waals surface area contributed by atoms with Gasteiger partial charge in [-0.15, -0.1) is 0 Å². The van der Waals surface area contributed by atoms with Gasteiger partial charge in [-0.1, -0.05) is 91.8 Å². The molecule has 0 aromatic heterocycles. The number of Topliss-reactive ketones (excluding diaryl/α,β-unsaturated/α-hetero) is 2. The number of rotatable bonds is 10. The molecule has 0 heterocycles. The van der Waals surface area contributed by atoms with Crippen LogP contribution in [0.5, 0.6) is 0 Å². The molecule has 0 spiro atoms. The SMILES string of the molecule is CC(=O)C(C)(C)Nc1c(C(C)C)cccc1C(C)C.CC(=O)C(C)(C)Nc1c(C(C)C)cccc1C(C)C. The van der Waals surface area contributed by atoms with Crippen molar-refractivity contribution in [3.63, 3.8) is 0 Å². The van der Waals surface area contributed by atoms with Crippen molar-refractivity contribution in [2.24, 2.45) is 0 Å². The molecule has 0 unspecified atom stereocenters. The van der Waals surface area contributed by atoms with Gasteiger partial charge in [-0.3, -0.25) is 9.59 Å². The Morgan fingerprint density at radius 2 is 0.737 bits per heavy atom. The number of benzene rings is 2. The van der Waals surface area contributed by atoms with Crippen LogP contribution in [0.1, 0.15) is 143 Å². The number of carbonyl (C=O) groups excluding carboxylic acids is 2. The van der Waals surface area contributed by atoms with E-state index in [9.17, 15) is 9.59 Å². The van der Waals surface area contributed by atoms with Gasteiger partial charge in [0.1, 0.15) is 0 Å². The molecule has 0 saturated heterocycles. The topological polar surface area (TPSA) is 58.2 Å². The summed E-state index contributed by atoms with van der Waals surface area (Å²) in [5.74, 6) is 2.04. The Morgan fingerprint density at radius 3 is 0.895 bits per heavy atom. The van der Waals surface area contributed by atoms with E-state index in [1.807, 2.05) is 27.7 Å². The lowest BCUT2D eigenvalue weighted by Crippen LogP contribution is -2.39. The lowest BCUT2D eigenvalue weighted by Gasteiger charge is -2.29. The quantitative estimate of drug-likeness (QED) is 0.326. The molecule has 2 aromatic rings. The fourth-order valence-corrected chi connectivity index (χ4v) is 4.19. The van der Waals surface area contributed by atoms with Crippen molar-refractivity contribution in [3.8, 4) is 0 Å². The molecule has 2 N–H and O–H groups in total. The van der Waals surface area contributed by atoms with E-state index in [1.54, 1.807) is 13.8 Å². The van der Waals surface area contributed by atoms with Crippen molar-refractivity contribution in [2.45, 2.75) is 132 Å². The zero-order valence-electron chi connectivity index (χ0n) is 26.6. The third kappa shape index (κ3) is 8.71. The Hall–Kier alpha value is -2.62. The maximum Gasteiger partial charge on any atom is 0.154 e. The molecule has 2 rings (SSSR count). The zero-order valence-corrected chi connectivity index (χ0v) is 26.6. The summed E-state index contributed by atoms with van der Waals surface area (Å²) in [6.07, 6.45) is 0. The molecular weight excluding hydrogens is 468 g/mol. The molecule has 0 bridgehead atoms. The predicted octanol–water partition coefficient (Wildman–Crippen LogP) is 9.43. The fourth-order valence-electron chi connectivity index (χ4n) is 4.19. The van der Waals surface area contributed by atoms with E-state index >= 15 is 0 Å². The number of para-hydroxylation sites is 2. The molecule has 0 aliphatic carbocycles. The summed E-state index contributed by atoms with van der Waals surface area (Å²) in [6.45, 7) is 28.5. The van der Waals surface area contributed by atoms with Crippen LogP contribution in [0.15, 0.2) is 36.4 Å². The predicted molar refractivity (Wildman–Crippen MR) is 166 cm³/mol. The summed E-state index contributed by atoms with van der Waals surface area (Å²) in [5, 5.41) is 6.94. The molecule has 2 aromatic carbocycles. The van der Waals surface area contributed by atoms with E-state index in [4.69, 9.17) is 0 Å². The maximum atomic E-state index is 11.8. The lowest BCUT2D eigenvalue weighted by atomic mass is 9.90. The second-order valence-corrected chi connectivity index (χ2v) is 12.9. The van der Waals surface area contributed by atoms with Crippen molar-refractivity contribution >= 4 is 22.9 Å². The number of carbonyl (C=O) groups is 2. The van der Waals surface area contributed by atoms with Gasteiger partial charge in [0.2, 0.25) is 0 Å². The van der Waals surface area contributed by atoms with Crippen LogP contribution >= 0.6 is 0 Å². The Morgan fingerprint density at radius 1 is 0.526 bits per heavy atom. The van der Waals surface area contributed by atoms with Gasteiger partial charge in [-0.2, -0.15) is 0 Å². The minimum atomic E-state index is -0.533. The van der Waals surface area contributed by atoms with E-state index < -0.39 is 11.1 Å². The minimum Gasteiger partial charge on any atom is -0.373 e. The molecule has 0 aliphatic heterocycles. The number of hydrogen-bond acceptors (Lipinski definition) is 4. The Bertz CT molecular complexity index is 952. The van der Waals surface area contributed by atoms with E-state index in [1.165, 1.54) is 22.3 Å². The van der Waals surface area contributed by atoms with Crippen LogP contribution in [-0.4, -0.2) is 22.6 Å². The largest absolute Gasteiger partial charge is 0.373 e. The molecule has 0 fully saturated rings. The van der Waals surface area contributed by atoms with Crippen LogP contribution in [0.2, 0.25) is 0 Å². The highest BCUT2D eigenvalue weighted by Crippen LogP contribution is 2.35. The lowest BCUT2D eigenvalue weighted by molar-refractivity contribution is -0.121. The smallest absolute Gasteiger partial charge is 0.154 e. The average molecular weight is 523 g/mol. The molecule has 0 atom stereocenters. The van der Waals surface area contributed by atoms with Gasteiger partial charge in [0, 0.05) is 11.4 Å². The van der Waals surface area contributed by atoms with E-state index in [2.05, 4.69) is 102 Å². The van der Waals surface area contributed by atoms with Gasteiger partial charge >= 0.3 is 0 Å². The first-order valence-corrected chi connectivity index (χ1v) is 14.2. The third-order valence-electron chi connectivity index (χ3n) is 7.38. The highest BCUT2D eigenvalue weighted by Gasteiger charge is 2.27. The molecule has 4 nitrogen and oxygen atoms in total. The normalized spacial score (nSPS) is 12.1. The van der Waals surface area contributed by atoms with Crippen molar-refractivity contribution in [1.82, 2.24) is 0 Å². The molecule has 0 radical (unpaired) electrons. The number of ketones is 2. The van der Waals surface area contributed by atoms with E-state index in [0.29, 0.717) is 23.7 Å². The monoisotopic (exact) mass is 522 g/mol. The third-order valence-corrected chi connectivity index (χ3v) is 7.38. The van der Waals surface area contributed by atoms with E-state index in [0.717, 1.165) is 11.4 Å². The van der Waals surface area contributed by atoms with Gasteiger partial charge in [0.15, 0.2) is 11.6 Å². The Labute approximate surface area is 233 Å². The highest BCUT2D eigenvalue weighted by molar-refractivity contribution is 5.89. The summed E-state index contributed by atoms with van der Waals surface area (Å²) in [5.41, 5.74) is 6.31. The van der Waals surface area contributed by atoms with Gasteiger partial charge in [-0.05, 0) is 87.5 Å². The summed E-state index contributed by atoms with van der Waals surface area (Å²) >= 11 is 0.